The average molecular weight is 153 g/mol. The van der Waals surface area contributed by atoms with Crippen LogP contribution in [0.25, 0.3) is 0 Å². The Balaban J connectivity index is 2.75. The van der Waals surface area contributed by atoms with Gasteiger partial charge in [-0.25, -0.2) is 0 Å². The van der Waals surface area contributed by atoms with Crippen molar-refractivity contribution < 1.29 is 9.90 Å². The molecule has 1 aliphatic rings. The smallest absolute Gasteiger partial charge is 0.248 e. The molecule has 0 aromatic carbocycles. The van der Waals surface area contributed by atoms with Gasteiger partial charge in [0, 0.05) is 5.57 Å². The summed E-state index contributed by atoms with van der Waals surface area (Å²) >= 11 is 0. The summed E-state index contributed by atoms with van der Waals surface area (Å²) in [4.78, 5) is 10.6. The number of carbonyl (C=O) groups excluding carboxylic acids is 1. The first-order valence-electron chi connectivity index (χ1n) is 3.43. The molecule has 0 aromatic rings. The minimum atomic E-state index is -0.820. The second-order valence-electron chi connectivity index (χ2n) is 2.92. The monoisotopic (exact) mass is 153 g/mol. The van der Waals surface area contributed by atoms with Gasteiger partial charge in [-0.1, -0.05) is 18.2 Å². The van der Waals surface area contributed by atoms with Gasteiger partial charge in [-0.3, -0.25) is 4.79 Å². The molecule has 0 radical (unpaired) electrons. The van der Waals surface area contributed by atoms with E-state index in [4.69, 9.17) is 5.73 Å². The zero-order valence-electron chi connectivity index (χ0n) is 6.37. The molecule has 0 heterocycles. The van der Waals surface area contributed by atoms with E-state index in [9.17, 15) is 9.90 Å². The Labute approximate surface area is 65.2 Å². The Kier molecular flexibility index (Phi) is 1.83. The van der Waals surface area contributed by atoms with Crippen molar-refractivity contribution in [3.63, 3.8) is 0 Å². The molecule has 0 aliphatic heterocycles. The Hall–Kier alpha value is -1.09. The van der Waals surface area contributed by atoms with Crippen LogP contribution in [-0.4, -0.2) is 16.6 Å². The van der Waals surface area contributed by atoms with Crippen molar-refractivity contribution in [3.8, 4) is 0 Å². The van der Waals surface area contributed by atoms with E-state index in [1.807, 2.05) is 0 Å². The van der Waals surface area contributed by atoms with Crippen LogP contribution in [-0.2, 0) is 4.79 Å². The van der Waals surface area contributed by atoms with Crippen LogP contribution in [0, 0.1) is 0 Å². The predicted molar refractivity (Wildman–Crippen MR) is 41.7 cm³/mol. The number of carbonyl (C=O) groups is 1. The van der Waals surface area contributed by atoms with E-state index < -0.39 is 11.5 Å². The van der Waals surface area contributed by atoms with Gasteiger partial charge in [-0.05, 0) is 13.3 Å². The molecule has 0 aromatic heterocycles. The van der Waals surface area contributed by atoms with Crippen LogP contribution in [0.4, 0.5) is 0 Å². The van der Waals surface area contributed by atoms with Crippen LogP contribution < -0.4 is 5.73 Å². The highest BCUT2D eigenvalue weighted by Crippen LogP contribution is 2.19. The van der Waals surface area contributed by atoms with Crippen molar-refractivity contribution in [3.05, 3.63) is 23.8 Å². The first-order chi connectivity index (χ1) is 5.01. The molecule has 11 heavy (non-hydrogen) atoms. The second kappa shape index (κ2) is 2.51. The van der Waals surface area contributed by atoms with E-state index in [-0.39, 0.29) is 0 Å². The number of hydrogen-bond donors (Lipinski definition) is 2. The van der Waals surface area contributed by atoms with Crippen molar-refractivity contribution in [1.82, 2.24) is 0 Å². The summed E-state index contributed by atoms with van der Waals surface area (Å²) in [5.41, 5.74) is 4.66. The molecule has 3 N–H and O–H groups in total. The molecule has 0 bridgehead atoms. The minimum absolute atomic E-state index is 0.446. The SMILES string of the molecule is CC1(O)C=CC(C(N)=O)=CC1. The third-order valence-corrected chi connectivity index (χ3v) is 1.64. The van der Waals surface area contributed by atoms with Crippen molar-refractivity contribution in [1.29, 1.82) is 0 Å². The Morgan fingerprint density at radius 2 is 2.45 bits per heavy atom. The van der Waals surface area contributed by atoms with E-state index in [2.05, 4.69) is 0 Å². The molecule has 0 saturated heterocycles. The molecule has 1 atom stereocenters. The first kappa shape index (κ1) is 8.01. The normalized spacial score (nSPS) is 29.8. The fourth-order valence-electron chi connectivity index (χ4n) is 0.905. The molecule has 0 spiro atoms. The van der Waals surface area contributed by atoms with Crippen LogP contribution >= 0.6 is 0 Å². The van der Waals surface area contributed by atoms with E-state index in [1.165, 1.54) is 0 Å². The zero-order valence-corrected chi connectivity index (χ0v) is 6.37. The molecule has 3 nitrogen and oxygen atoms in total. The molecule has 1 aliphatic carbocycles. The van der Waals surface area contributed by atoms with E-state index in [0.717, 1.165) is 0 Å². The summed E-state index contributed by atoms with van der Waals surface area (Å²) in [6, 6.07) is 0. The van der Waals surface area contributed by atoms with Crippen LogP contribution in [0.5, 0.6) is 0 Å². The lowest BCUT2D eigenvalue weighted by atomic mass is 9.94. The highest BCUT2D eigenvalue weighted by atomic mass is 16.3. The molecule has 3 heteroatoms. The quantitative estimate of drug-likeness (QED) is 0.561. The largest absolute Gasteiger partial charge is 0.386 e. The standard InChI is InChI=1S/C8H11NO2/c1-8(11)4-2-6(3-5-8)7(9)10/h2-4,11H,5H2,1H3,(H2,9,10). The number of rotatable bonds is 1. The lowest BCUT2D eigenvalue weighted by Gasteiger charge is -2.20. The molecular weight excluding hydrogens is 142 g/mol. The molecule has 1 amide bonds. The van der Waals surface area contributed by atoms with Crippen LogP contribution in [0.15, 0.2) is 23.8 Å². The van der Waals surface area contributed by atoms with Crippen molar-refractivity contribution in [2.24, 2.45) is 5.73 Å². The van der Waals surface area contributed by atoms with Gasteiger partial charge in [-0.15, -0.1) is 0 Å². The maximum Gasteiger partial charge on any atom is 0.248 e. The molecule has 0 saturated carbocycles. The van der Waals surface area contributed by atoms with E-state index >= 15 is 0 Å². The zero-order chi connectivity index (χ0) is 8.48. The summed E-state index contributed by atoms with van der Waals surface area (Å²) in [6.45, 7) is 1.68. The number of hydrogen-bond acceptors (Lipinski definition) is 2. The van der Waals surface area contributed by atoms with Crippen molar-refractivity contribution >= 4 is 5.91 Å². The van der Waals surface area contributed by atoms with Crippen LogP contribution in [0.2, 0.25) is 0 Å². The molecular formula is C8H11NO2. The fourth-order valence-corrected chi connectivity index (χ4v) is 0.905. The Morgan fingerprint density at radius 1 is 1.82 bits per heavy atom. The van der Waals surface area contributed by atoms with Crippen molar-refractivity contribution in [2.45, 2.75) is 18.9 Å². The van der Waals surface area contributed by atoms with Gasteiger partial charge in [0.25, 0.3) is 0 Å². The summed E-state index contributed by atoms with van der Waals surface area (Å²) in [5, 5.41) is 9.39. The maximum absolute atomic E-state index is 10.6. The fraction of sp³-hybridized carbons (Fsp3) is 0.375. The number of aliphatic hydroxyl groups is 1. The lowest BCUT2D eigenvalue weighted by molar-refractivity contribution is -0.114. The van der Waals surface area contributed by atoms with Crippen LogP contribution in [0.1, 0.15) is 13.3 Å². The Morgan fingerprint density at radius 3 is 2.82 bits per heavy atom. The molecule has 0 fully saturated rings. The summed E-state index contributed by atoms with van der Waals surface area (Å²) in [6.07, 6.45) is 5.21. The van der Waals surface area contributed by atoms with Crippen LogP contribution in [0.3, 0.4) is 0 Å². The number of nitrogens with two attached hydrogens (primary N) is 1. The summed E-state index contributed by atoms with van der Waals surface area (Å²) in [7, 11) is 0. The summed E-state index contributed by atoms with van der Waals surface area (Å²) in [5.74, 6) is -0.447. The maximum atomic E-state index is 10.6. The van der Waals surface area contributed by atoms with Crippen molar-refractivity contribution in [2.75, 3.05) is 0 Å². The third-order valence-electron chi connectivity index (χ3n) is 1.64. The molecule has 1 unspecified atom stereocenters. The lowest BCUT2D eigenvalue weighted by Crippen LogP contribution is -2.24. The minimum Gasteiger partial charge on any atom is -0.386 e. The van der Waals surface area contributed by atoms with Gasteiger partial charge in [0.1, 0.15) is 0 Å². The van der Waals surface area contributed by atoms with Gasteiger partial charge < -0.3 is 10.8 Å². The van der Waals surface area contributed by atoms with Gasteiger partial charge in [0.15, 0.2) is 0 Å². The Bertz CT molecular complexity index is 238. The van der Waals surface area contributed by atoms with E-state index in [0.29, 0.717) is 12.0 Å². The third kappa shape index (κ3) is 1.91. The molecule has 1 rings (SSSR count). The first-order valence-corrected chi connectivity index (χ1v) is 3.43. The highest BCUT2D eigenvalue weighted by Gasteiger charge is 2.19. The number of amides is 1. The van der Waals surface area contributed by atoms with Gasteiger partial charge in [-0.2, -0.15) is 0 Å². The van der Waals surface area contributed by atoms with E-state index in [1.54, 1.807) is 25.2 Å². The van der Waals surface area contributed by atoms with Gasteiger partial charge >= 0.3 is 0 Å². The average Bonchev–Trinajstić information content (AvgIpc) is 1.86. The summed E-state index contributed by atoms with van der Waals surface area (Å²) < 4.78 is 0. The topological polar surface area (TPSA) is 63.3 Å². The van der Waals surface area contributed by atoms with Gasteiger partial charge in [0.05, 0.1) is 5.60 Å². The molecule has 60 valence electrons. The predicted octanol–water partition coefficient (Wildman–Crippen LogP) is 0.109. The van der Waals surface area contributed by atoms with Gasteiger partial charge in [0.2, 0.25) is 5.91 Å². The highest BCUT2D eigenvalue weighted by molar-refractivity contribution is 5.95. The number of primary amides is 1. The second-order valence-corrected chi connectivity index (χ2v) is 2.92.